The van der Waals surface area contributed by atoms with Gasteiger partial charge in [0.1, 0.15) is 17.9 Å². The van der Waals surface area contributed by atoms with Crippen molar-refractivity contribution in [2.75, 3.05) is 5.75 Å². The van der Waals surface area contributed by atoms with Crippen LogP contribution in [0.4, 0.5) is 0 Å². The number of aliphatic imine (C=N–C) groups is 1. The molecular weight excluding hydrogens is 390 g/mol. The molecule has 2 aliphatic heterocycles. The van der Waals surface area contributed by atoms with Crippen molar-refractivity contribution >= 4 is 28.5 Å². The molecule has 5 nitrogen and oxygen atoms in total. The Labute approximate surface area is 173 Å². The van der Waals surface area contributed by atoms with Crippen LogP contribution in [0, 0.1) is 0 Å². The van der Waals surface area contributed by atoms with Gasteiger partial charge in [0.25, 0.3) is 0 Å². The van der Waals surface area contributed by atoms with Gasteiger partial charge in [-0.05, 0) is 42.8 Å². The van der Waals surface area contributed by atoms with E-state index >= 15 is 0 Å². The third kappa shape index (κ3) is 2.91. The average molecular weight is 410 g/mol. The van der Waals surface area contributed by atoms with Gasteiger partial charge in [-0.3, -0.25) is 9.98 Å². The lowest BCUT2D eigenvalue weighted by atomic mass is 9.99. The second kappa shape index (κ2) is 7.26. The standard InChI is InChI=1S/C21H20ClN5S/c1-2-15-13-28-21-25-19(16-6-3-4-10-23-16)20(27(15)21)17-7-5-11-26(17)18-9-8-14(22)12-24-18/h3-12,15,19-20H,2,13H2,1H3. The Morgan fingerprint density at radius 1 is 1.14 bits per heavy atom. The van der Waals surface area contributed by atoms with E-state index in [2.05, 4.69) is 50.8 Å². The summed E-state index contributed by atoms with van der Waals surface area (Å²) in [5.74, 6) is 1.94. The Bertz CT molecular complexity index is 1000. The number of nitrogens with zero attached hydrogens (tertiary/aromatic N) is 5. The number of pyridine rings is 2. The fraction of sp³-hybridized carbons (Fsp3) is 0.286. The number of halogens is 1. The molecule has 0 spiro atoms. The topological polar surface area (TPSA) is 46.3 Å². The molecule has 0 bridgehead atoms. The van der Waals surface area contributed by atoms with E-state index < -0.39 is 0 Å². The fourth-order valence-corrected chi connectivity index (χ4v) is 5.47. The number of aromatic nitrogens is 3. The van der Waals surface area contributed by atoms with E-state index in [4.69, 9.17) is 16.6 Å². The molecule has 5 heterocycles. The summed E-state index contributed by atoms with van der Waals surface area (Å²) in [6.07, 6.45) is 6.69. The number of thioether (sulfide) groups is 1. The molecule has 28 heavy (non-hydrogen) atoms. The van der Waals surface area contributed by atoms with Crippen LogP contribution >= 0.6 is 23.4 Å². The van der Waals surface area contributed by atoms with Crippen molar-refractivity contribution in [3.8, 4) is 5.82 Å². The minimum Gasteiger partial charge on any atom is -0.337 e. The highest BCUT2D eigenvalue weighted by Crippen LogP contribution is 2.48. The van der Waals surface area contributed by atoms with Gasteiger partial charge >= 0.3 is 0 Å². The van der Waals surface area contributed by atoms with E-state index in [0.717, 1.165) is 28.9 Å². The Morgan fingerprint density at radius 2 is 2.07 bits per heavy atom. The molecule has 1 fully saturated rings. The summed E-state index contributed by atoms with van der Waals surface area (Å²) in [5.41, 5.74) is 2.17. The van der Waals surface area contributed by atoms with Crippen LogP contribution in [0.5, 0.6) is 0 Å². The molecule has 5 rings (SSSR count). The van der Waals surface area contributed by atoms with Crippen molar-refractivity contribution in [1.29, 1.82) is 0 Å². The van der Waals surface area contributed by atoms with E-state index in [-0.39, 0.29) is 12.1 Å². The SMILES string of the molecule is CCC1CSC2=NC(c3ccccn3)C(c3cccn3-c3ccc(Cl)cn3)N21. The molecule has 0 saturated carbocycles. The Kier molecular flexibility index (Phi) is 4.61. The van der Waals surface area contributed by atoms with Crippen LogP contribution in [0.25, 0.3) is 5.82 Å². The summed E-state index contributed by atoms with van der Waals surface area (Å²) in [6.45, 7) is 2.25. The molecule has 2 aliphatic rings. The molecule has 0 N–H and O–H groups in total. The first kappa shape index (κ1) is 17.8. The highest BCUT2D eigenvalue weighted by molar-refractivity contribution is 8.14. The van der Waals surface area contributed by atoms with Gasteiger partial charge in [0, 0.05) is 36.1 Å². The largest absolute Gasteiger partial charge is 0.337 e. The monoisotopic (exact) mass is 409 g/mol. The quantitative estimate of drug-likeness (QED) is 0.614. The predicted molar refractivity (Wildman–Crippen MR) is 114 cm³/mol. The van der Waals surface area contributed by atoms with E-state index in [1.165, 1.54) is 5.69 Å². The maximum atomic E-state index is 6.04. The van der Waals surface area contributed by atoms with Crippen LogP contribution in [0.2, 0.25) is 5.02 Å². The lowest BCUT2D eigenvalue weighted by Crippen LogP contribution is -2.36. The zero-order chi connectivity index (χ0) is 19.1. The summed E-state index contributed by atoms with van der Waals surface area (Å²) in [4.78, 5) is 16.7. The minimum atomic E-state index is -0.0287. The highest BCUT2D eigenvalue weighted by atomic mass is 35.5. The van der Waals surface area contributed by atoms with E-state index in [0.29, 0.717) is 11.1 Å². The molecule has 3 unspecified atom stereocenters. The van der Waals surface area contributed by atoms with Crippen LogP contribution in [0.15, 0.2) is 66.0 Å². The number of amidine groups is 1. The van der Waals surface area contributed by atoms with Crippen LogP contribution < -0.4 is 0 Å². The van der Waals surface area contributed by atoms with Crippen LogP contribution in [0.3, 0.4) is 0 Å². The summed E-state index contributed by atoms with van der Waals surface area (Å²) in [7, 11) is 0. The lowest BCUT2D eigenvalue weighted by Gasteiger charge is -2.32. The normalized spacial score (nSPS) is 23.7. The van der Waals surface area contributed by atoms with Gasteiger partial charge in [0.15, 0.2) is 5.17 Å². The first-order chi connectivity index (χ1) is 13.8. The molecule has 3 atom stereocenters. The summed E-state index contributed by atoms with van der Waals surface area (Å²) in [5, 5.41) is 1.77. The number of hydrogen-bond acceptors (Lipinski definition) is 5. The van der Waals surface area contributed by atoms with Gasteiger partial charge in [-0.25, -0.2) is 4.98 Å². The first-order valence-corrected chi connectivity index (χ1v) is 10.8. The molecule has 142 valence electrons. The average Bonchev–Trinajstić information content (AvgIpc) is 3.44. The molecule has 7 heteroatoms. The van der Waals surface area contributed by atoms with Gasteiger partial charge in [-0.2, -0.15) is 0 Å². The number of hydrogen-bond donors (Lipinski definition) is 0. The summed E-state index contributed by atoms with van der Waals surface area (Å²) >= 11 is 7.90. The van der Waals surface area contributed by atoms with Gasteiger partial charge in [0.2, 0.25) is 0 Å². The van der Waals surface area contributed by atoms with Gasteiger partial charge < -0.3 is 9.47 Å². The zero-order valence-electron chi connectivity index (χ0n) is 15.4. The van der Waals surface area contributed by atoms with Crippen molar-refractivity contribution in [1.82, 2.24) is 19.4 Å². The Hall–Kier alpha value is -2.31. The zero-order valence-corrected chi connectivity index (χ0v) is 17.0. The van der Waals surface area contributed by atoms with Crippen LogP contribution in [-0.2, 0) is 0 Å². The van der Waals surface area contributed by atoms with E-state index in [9.17, 15) is 0 Å². The van der Waals surface area contributed by atoms with E-state index in [1.54, 1.807) is 6.20 Å². The molecule has 3 aromatic rings. The highest BCUT2D eigenvalue weighted by Gasteiger charge is 2.46. The lowest BCUT2D eigenvalue weighted by molar-refractivity contribution is 0.248. The number of fused-ring (bicyclic) bond motifs is 1. The smallest absolute Gasteiger partial charge is 0.160 e. The molecule has 3 aromatic heterocycles. The maximum absolute atomic E-state index is 6.04. The molecule has 1 saturated heterocycles. The third-order valence-corrected chi connectivity index (χ3v) is 6.72. The Morgan fingerprint density at radius 3 is 2.82 bits per heavy atom. The molecule has 0 aromatic carbocycles. The second-order valence-electron chi connectivity index (χ2n) is 6.97. The number of rotatable bonds is 4. The summed E-state index contributed by atoms with van der Waals surface area (Å²) < 4.78 is 2.14. The first-order valence-electron chi connectivity index (χ1n) is 9.45. The van der Waals surface area contributed by atoms with Gasteiger partial charge in [-0.1, -0.05) is 36.4 Å². The predicted octanol–water partition coefficient (Wildman–Crippen LogP) is 4.90. The second-order valence-corrected chi connectivity index (χ2v) is 8.40. The van der Waals surface area contributed by atoms with Gasteiger partial charge in [0.05, 0.1) is 10.7 Å². The van der Waals surface area contributed by atoms with Crippen molar-refractivity contribution in [3.63, 3.8) is 0 Å². The van der Waals surface area contributed by atoms with Crippen molar-refractivity contribution in [3.05, 3.63) is 77.5 Å². The van der Waals surface area contributed by atoms with Crippen molar-refractivity contribution < 1.29 is 0 Å². The molecule has 0 radical (unpaired) electrons. The van der Waals surface area contributed by atoms with Crippen LogP contribution in [0.1, 0.15) is 36.8 Å². The van der Waals surface area contributed by atoms with Crippen molar-refractivity contribution in [2.45, 2.75) is 31.5 Å². The van der Waals surface area contributed by atoms with Crippen molar-refractivity contribution in [2.24, 2.45) is 4.99 Å². The van der Waals surface area contributed by atoms with Gasteiger partial charge in [-0.15, -0.1) is 0 Å². The molecule has 0 aliphatic carbocycles. The Balaban J connectivity index is 1.62. The minimum absolute atomic E-state index is 0.0287. The van der Waals surface area contributed by atoms with Crippen LogP contribution in [-0.4, -0.2) is 36.4 Å². The molecule has 0 amide bonds. The molecular formula is C21H20ClN5S. The fourth-order valence-electron chi connectivity index (χ4n) is 4.03. The third-order valence-electron chi connectivity index (χ3n) is 5.37. The van der Waals surface area contributed by atoms with E-state index in [1.807, 2.05) is 42.2 Å². The summed E-state index contributed by atoms with van der Waals surface area (Å²) in [6, 6.07) is 14.7. The maximum Gasteiger partial charge on any atom is 0.160 e.